The van der Waals surface area contributed by atoms with Crippen LogP contribution in [0.25, 0.3) is 0 Å². The van der Waals surface area contributed by atoms with Crippen molar-refractivity contribution in [2.24, 2.45) is 15.7 Å². The number of alkyl halides is 1. The van der Waals surface area contributed by atoms with Gasteiger partial charge in [-0.25, -0.2) is 4.99 Å². The van der Waals surface area contributed by atoms with E-state index in [1.807, 2.05) is 0 Å². The lowest BCUT2D eigenvalue weighted by atomic mass is 9.96. The molecule has 8 nitrogen and oxygen atoms in total. The molecule has 0 aromatic heterocycles. The third-order valence-corrected chi connectivity index (χ3v) is 3.79. The van der Waals surface area contributed by atoms with E-state index in [0.29, 0.717) is 0 Å². The van der Waals surface area contributed by atoms with E-state index in [2.05, 4.69) is 21.8 Å². The molecule has 9 heteroatoms. The lowest BCUT2D eigenvalue weighted by Gasteiger charge is -2.35. The molecule has 116 valence electrons. The van der Waals surface area contributed by atoms with Crippen molar-refractivity contribution < 1.29 is 20.1 Å². The first-order chi connectivity index (χ1) is 9.81. The Hall–Kier alpha value is -1.37. The Morgan fingerprint density at radius 3 is 2.76 bits per heavy atom. The highest BCUT2D eigenvalue weighted by atomic mass is 35.5. The van der Waals surface area contributed by atoms with Gasteiger partial charge in [0.2, 0.25) is 12.3 Å². The van der Waals surface area contributed by atoms with Crippen LogP contribution < -0.4 is 5.73 Å². The second kappa shape index (κ2) is 5.79. The molecule has 0 aromatic rings. The van der Waals surface area contributed by atoms with Crippen molar-refractivity contribution in [3.63, 3.8) is 0 Å². The summed E-state index contributed by atoms with van der Waals surface area (Å²) >= 11 is 6.41. The van der Waals surface area contributed by atoms with Crippen molar-refractivity contribution >= 4 is 23.9 Å². The minimum atomic E-state index is -1.55. The van der Waals surface area contributed by atoms with Crippen LogP contribution in [0.5, 0.6) is 0 Å². The van der Waals surface area contributed by atoms with E-state index in [1.165, 1.54) is 18.2 Å². The van der Waals surface area contributed by atoms with Crippen LogP contribution in [-0.4, -0.2) is 68.3 Å². The maximum atomic E-state index is 10.3. The number of aliphatic hydroxyl groups excluding tert-OH is 3. The number of nitrogens with zero attached hydrogens (tertiary/aromatic N) is 3. The van der Waals surface area contributed by atoms with Crippen LogP contribution >= 0.6 is 11.6 Å². The summed E-state index contributed by atoms with van der Waals surface area (Å²) in [6.45, 7) is 3.02. The van der Waals surface area contributed by atoms with Crippen LogP contribution in [0, 0.1) is 11.8 Å². The van der Waals surface area contributed by atoms with Crippen LogP contribution in [0.3, 0.4) is 0 Å². The number of aliphatic imine (C=N–C) groups is 2. The average Bonchev–Trinajstić information content (AvgIpc) is 2.64. The van der Waals surface area contributed by atoms with Crippen LogP contribution in [0.2, 0.25) is 0 Å². The summed E-state index contributed by atoms with van der Waals surface area (Å²) in [5.74, 6) is 5.19. The minimum Gasteiger partial charge on any atom is -0.391 e. The SMILES string of the molecule is CC#CC1(Cl)[C@@H](O)[C@@H]([C@H](C)O)O[C@H]1N1C=NC(N)=NC1O. The Labute approximate surface area is 126 Å². The van der Waals surface area contributed by atoms with Crippen molar-refractivity contribution in [2.75, 3.05) is 0 Å². The molecule has 1 saturated heterocycles. The first-order valence-corrected chi connectivity index (χ1v) is 6.66. The van der Waals surface area contributed by atoms with Crippen molar-refractivity contribution in [3.05, 3.63) is 0 Å². The molecule has 2 aliphatic rings. The third-order valence-electron chi connectivity index (χ3n) is 3.29. The molecular formula is C12H17ClN4O4. The summed E-state index contributed by atoms with van der Waals surface area (Å²) < 4.78 is 5.58. The molecule has 2 rings (SSSR count). The number of ether oxygens (including phenoxy) is 1. The smallest absolute Gasteiger partial charge is 0.231 e. The van der Waals surface area contributed by atoms with E-state index in [0.717, 1.165) is 0 Å². The van der Waals surface area contributed by atoms with Crippen LogP contribution in [-0.2, 0) is 4.74 Å². The molecule has 1 fully saturated rings. The van der Waals surface area contributed by atoms with Gasteiger partial charge in [-0.2, -0.15) is 4.99 Å². The lowest BCUT2D eigenvalue weighted by Crippen LogP contribution is -2.54. The summed E-state index contributed by atoms with van der Waals surface area (Å²) in [7, 11) is 0. The third kappa shape index (κ3) is 2.71. The summed E-state index contributed by atoms with van der Waals surface area (Å²) in [4.78, 5) is 7.07. The molecule has 6 atom stereocenters. The Bertz CT molecular complexity index is 529. The molecule has 0 aliphatic carbocycles. The minimum absolute atomic E-state index is 0.0916. The molecule has 21 heavy (non-hydrogen) atoms. The van der Waals surface area contributed by atoms with Crippen LogP contribution in [0.15, 0.2) is 9.98 Å². The fraction of sp³-hybridized carbons (Fsp3) is 0.667. The van der Waals surface area contributed by atoms with E-state index in [-0.39, 0.29) is 5.96 Å². The lowest BCUT2D eigenvalue weighted by molar-refractivity contribution is -0.115. The van der Waals surface area contributed by atoms with Crippen molar-refractivity contribution in [1.82, 2.24) is 4.90 Å². The molecular weight excluding hydrogens is 300 g/mol. The Kier molecular flexibility index (Phi) is 4.41. The number of guanidine groups is 1. The summed E-state index contributed by atoms with van der Waals surface area (Å²) in [6.07, 6.45) is -4.42. The molecule has 2 heterocycles. The maximum absolute atomic E-state index is 10.3. The van der Waals surface area contributed by atoms with Gasteiger partial charge >= 0.3 is 0 Å². The predicted molar refractivity (Wildman–Crippen MR) is 76.3 cm³/mol. The number of rotatable bonds is 2. The largest absolute Gasteiger partial charge is 0.391 e. The van der Waals surface area contributed by atoms with E-state index < -0.39 is 35.8 Å². The normalized spacial score (nSPS) is 40.5. The molecule has 0 spiro atoms. The zero-order chi connectivity index (χ0) is 15.8. The summed E-state index contributed by atoms with van der Waals surface area (Å²) in [6, 6.07) is 0. The van der Waals surface area contributed by atoms with Gasteiger partial charge < -0.3 is 25.8 Å². The first kappa shape index (κ1) is 16.0. The van der Waals surface area contributed by atoms with Gasteiger partial charge in [0.1, 0.15) is 18.5 Å². The molecule has 0 aromatic carbocycles. The average molecular weight is 317 g/mol. The van der Waals surface area contributed by atoms with Gasteiger partial charge in [0.05, 0.1) is 6.10 Å². The second-order valence-corrected chi connectivity index (χ2v) is 5.43. The maximum Gasteiger partial charge on any atom is 0.231 e. The number of aliphatic hydroxyl groups is 3. The first-order valence-electron chi connectivity index (χ1n) is 6.28. The van der Waals surface area contributed by atoms with E-state index in [1.54, 1.807) is 6.92 Å². The molecule has 0 saturated carbocycles. The Morgan fingerprint density at radius 2 is 2.24 bits per heavy atom. The second-order valence-electron chi connectivity index (χ2n) is 4.81. The van der Waals surface area contributed by atoms with Crippen LogP contribution in [0.1, 0.15) is 13.8 Å². The molecule has 0 amide bonds. The predicted octanol–water partition coefficient (Wildman–Crippen LogP) is -1.61. The quantitative estimate of drug-likeness (QED) is 0.359. The number of hydrogen-bond acceptors (Lipinski definition) is 8. The van der Waals surface area contributed by atoms with Gasteiger partial charge in [0.15, 0.2) is 11.1 Å². The van der Waals surface area contributed by atoms with Crippen molar-refractivity contribution in [2.45, 2.75) is 49.6 Å². The summed E-state index contributed by atoms with van der Waals surface area (Å²) in [5, 5.41) is 30.0. The fourth-order valence-corrected chi connectivity index (χ4v) is 2.67. The monoisotopic (exact) mass is 316 g/mol. The van der Waals surface area contributed by atoms with Gasteiger partial charge in [-0.15, -0.1) is 5.92 Å². The van der Waals surface area contributed by atoms with Gasteiger partial charge in [0.25, 0.3) is 0 Å². The molecule has 0 bridgehead atoms. The number of nitrogens with two attached hydrogens (primary N) is 1. The van der Waals surface area contributed by atoms with Gasteiger partial charge in [0, 0.05) is 0 Å². The van der Waals surface area contributed by atoms with Gasteiger partial charge in [-0.05, 0) is 13.8 Å². The van der Waals surface area contributed by atoms with Crippen molar-refractivity contribution in [1.29, 1.82) is 0 Å². The topological polar surface area (TPSA) is 124 Å². The Morgan fingerprint density at radius 1 is 1.57 bits per heavy atom. The Balaban J connectivity index is 2.36. The zero-order valence-corrected chi connectivity index (χ0v) is 12.3. The standard InChI is InChI=1S/C12H17ClN4O4/c1-3-4-12(13)8(19)7(6(2)18)21-9(12)17-5-15-10(14)16-11(17)20/h5-9,11,18-20H,1-2H3,(H2,14,16)/t6-,7+,8-,9+,11?,12?/m0/s1. The highest BCUT2D eigenvalue weighted by Gasteiger charge is 2.58. The van der Waals surface area contributed by atoms with Gasteiger partial charge in [-0.1, -0.05) is 17.5 Å². The van der Waals surface area contributed by atoms with E-state index in [4.69, 9.17) is 22.1 Å². The van der Waals surface area contributed by atoms with Crippen molar-refractivity contribution in [3.8, 4) is 11.8 Å². The molecule has 2 unspecified atom stereocenters. The summed E-state index contributed by atoms with van der Waals surface area (Å²) in [5.41, 5.74) is 5.39. The molecule has 0 radical (unpaired) electrons. The zero-order valence-electron chi connectivity index (χ0n) is 11.5. The van der Waals surface area contributed by atoms with Gasteiger partial charge in [-0.3, -0.25) is 4.90 Å². The van der Waals surface area contributed by atoms with Crippen LogP contribution in [0.4, 0.5) is 0 Å². The molecule has 2 aliphatic heterocycles. The van der Waals surface area contributed by atoms with E-state index >= 15 is 0 Å². The van der Waals surface area contributed by atoms with E-state index in [9.17, 15) is 15.3 Å². The highest BCUT2D eigenvalue weighted by molar-refractivity contribution is 6.27. The number of halogens is 1. The fourth-order valence-electron chi connectivity index (χ4n) is 2.28. The number of hydrogen-bond donors (Lipinski definition) is 4. The molecule has 5 N–H and O–H groups in total. The highest BCUT2D eigenvalue weighted by Crippen LogP contribution is 2.40.